The summed E-state index contributed by atoms with van der Waals surface area (Å²) < 4.78 is 11.6. The molecule has 1 fully saturated rings. The molecule has 10 nitrogen and oxygen atoms in total. The van der Waals surface area contributed by atoms with Gasteiger partial charge in [-0.2, -0.15) is 0 Å². The van der Waals surface area contributed by atoms with Crippen molar-refractivity contribution in [1.82, 2.24) is 15.1 Å². The van der Waals surface area contributed by atoms with E-state index in [0.717, 1.165) is 58.2 Å². The van der Waals surface area contributed by atoms with Gasteiger partial charge < -0.3 is 25.3 Å². The summed E-state index contributed by atoms with van der Waals surface area (Å²) in [5, 5.41) is 11.1. The van der Waals surface area contributed by atoms with Crippen LogP contribution in [-0.4, -0.2) is 107 Å². The van der Waals surface area contributed by atoms with Crippen molar-refractivity contribution in [3.8, 4) is 0 Å². The molecule has 0 bridgehead atoms. The van der Waals surface area contributed by atoms with Crippen LogP contribution in [-0.2, 0) is 24.0 Å². The van der Waals surface area contributed by atoms with Crippen molar-refractivity contribution in [3.63, 3.8) is 0 Å². The van der Waals surface area contributed by atoms with E-state index in [9.17, 15) is 4.79 Å². The number of nitrogens with two attached hydrogens (primary N) is 1. The number of carbonyl (C=O) groups is 2. The number of nitrogens with zero attached hydrogens (tertiary/aromatic N) is 2. The summed E-state index contributed by atoms with van der Waals surface area (Å²) in [7, 11) is 5.57. The Kier molecular flexibility index (Phi) is 97.7. The Hall–Kier alpha value is -1.14. The van der Waals surface area contributed by atoms with Crippen LogP contribution in [0.1, 0.15) is 337 Å². The molecule has 1 aliphatic heterocycles. The van der Waals surface area contributed by atoms with Gasteiger partial charge in [0.25, 0.3) is 0 Å². The smallest absolute Gasteiger partial charge is 0.307 e. The van der Waals surface area contributed by atoms with Crippen LogP contribution in [0, 0.1) is 11.3 Å². The minimum atomic E-state index is -0.0708. The monoisotopic (exact) mass is 1110 g/mol. The number of carbonyl (C=O) groups excluding carboxylic acids is 2. The largest absolute Gasteiger partial charge is 0.461 e. The van der Waals surface area contributed by atoms with Gasteiger partial charge in [0.05, 0.1) is 19.8 Å². The molecule has 0 aromatic carbocycles. The van der Waals surface area contributed by atoms with Gasteiger partial charge in [-0.1, -0.05) is 278 Å². The molecule has 0 saturated carbocycles. The third-order valence-corrected chi connectivity index (χ3v) is 14.0. The van der Waals surface area contributed by atoms with E-state index in [1.165, 1.54) is 225 Å². The van der Waals surface area contributed by atoms with E-state index in [4.69, 9.17) is 19.5 Å². The number of esters is 1. The maximum Gasteiger partial charge on any atom is 0.307 e. The van der Waals surface area contributed by atoms with Crippen LogP contribution in [0.4, 0.5) is 0 Å². The third-order valence-electron chi connectivity index (χ3n) is 14.0. The molecule has 2 atom stereocenters. The lowest BCUT2D eigenvalue weighted by atomic mass is 9.89. The van der Waals surface area contributed by atoms with Crippen LogP contribution in [0.3, 0.4) is 0 Å². The zero-order valence-corrected chi connectivity index (χ0v) is 50.7. The van der Waals surface area contributed by atoms with Crippen molar-refractivity contribution in [2.24, 2.45) is 17.1 Å². The van der Waals surface area contributed by atoms with E-state index in [0.29, 0.717) is 31.0 Å². The van der Waals surface area contributed by atoms with Crippen molar-refractivity contribution < 1.29 is 29.2 Å². The third kappa shape index (κ3) is 79.1. The van der Waals surface area contributed by atoms with Gasteiger partial charge in [0, 0.05) is 32.2 Å². The molecule has 0 aromatic rings. The average Bonchev–Trinajstić information content (AvgIpc) is 3.72. The van der Waals surface area contributed by atoms with Gasteiger partial charge in [-0.05, 0) is 91.0 Å². The maximum absolute atomic E-state index is 11.9. The molecule has 10 heteroatoms. The molecule has 0 radical (unpaired) electrons. The summed E-state index contributed by atoms with van der Waals surface area (Å²) in [6.07, 6.45) is 50.8. The van der Waals surface area contributed by atoms with E-state index in [1.54, 1.807) is 0 Å². The fourth-order valence-electron chi connectivity index (χ4n) is 9.49. The molecule has 1 rings (SSSR count). The lowest BCUT2D eigenvalue weighted by Crippen LogP contribution is -2.29. The Morgan fingerprint density at radius 2 is 1.01 bits per heavy atom. The molecule has 0 aliphatic carbocycles. The van der Waals surface area contributed by atoms with E-state index < -0.39 is 0 Å². The molecule has 0 amide bonds. The Labute approximate surface area is 488 Å². The zero-order valence-electron chi connectivity index (χ0n) is 50.7. The first kappa shape index (κ1) is 95.1. The second-order valence-electron chi connectivity index (χ2n) is 22.4. The maximum atomic E-state index is 11.9. The van der Waals surface area contributed by atoms with Gasteiger partial charge in [0.2, 0.25) is 0 Å². The summed E-state index contributed by atoms with van der Waals surface area (Å²) in [6, 6.07) is 0.514. The molecular weight excluding hydrogens is 957 g/mol. The summed E-state index contributed by atoms with van der Waals surface area (Å²) in [5.74, 6) is 0.865. The second-order valence-corrected chi connectivity index (χ2v) is 22.4. The van der Waals surface area contributed by atoms with Gasteiger partial charge in [0.1, 0.15) is 12.9 Å². The summed E-state index contributed by atoms with van der Waals surface area (Å²) in [4.78, 5) is 28.7. The second kappa shape index (κ2) is 79.1. The Morgan fingerprint density at radius 1 is 0.623 bits per heavy atom. The average molecular weight is 1110 g/mol. The van der Waals surface area contributed by atoms with Crippen molar-refractivity contribution in [1.29, 1.82) is 0 Å². The normalized spacial score (nSPS) is 13.5. The highest BCUT2D eigenvalue weighted by molar-refractivity contribution is 5.69. The van der Waals surface area contributed by atoms with Gasteiger partial charge in [0.15, 0.2) is 0 Å². The number of unbranched alkanes of at least 4 members (excludes halogenated alkanes) is 26. The first-order chi connectivity index (χ1) is 35.0. The van der Waals surface area contributed by atoms with E-state index in [2.05, 4.69) is 88.2 Å². The van der Waals surface area contributed by atoms with E-state index in [-0.39, 0.29) is 49.2 Å². The van der Waals surface area contributed by atoms with Crippen molar-refractivity contribution >= 4 is 12.8 Å². The predicted molar refractivity (Wildman–Crippen MR) is 349 cm³/mol. The van der Waals surface area contributed by atoms with Gasteiger partial charge in [-0.25, -0.2) is 4.89 Å². The van der Waals surface area contributed by atoms with Crippen LogP contribution >= 0.6 is 0 Å². The van der Waals surface area contributed by atoms with Crippen LogP contribution < -0.4 is 11.1 Å². The number of hydrogen-bond acceptors (Lipinski definition) is 10. The number of likely N-dealkylation sites (tertiary alicyclic amines) is 1. The number of hydrogen-bond donors (Lipinski definition) is 3. The molecule has 4 N–H and O–H groups in total. The highest BCUT2D eigenvalue weighted by atomic mass is 17.1. The lowest BCUT2D eigenvalue weighted by molar-refractivity contribution is -0.242. The molecule has 1 aliphatic rings. The summed E-state index contributed by atoms with van der Waals surface area (Å²) in [5.41, 5.74) is 4.97. The SMILES string of the molecule is C.C.C.C.C.C=O.CC(C)(C)CCCCCCOO.CCCCCC(CCCCC)CCCN(C)COCCCCCCCCN1C[C@@H](OC(=O)CCNC)C[C@H]1C.CCCCCCCCCCCCCCCCC.CN. The molecule has 1 saturated heterocycles. The topological polar surface area (TPSA) is 127 Å². The zero-order chi connectivity index (χ0) is 54.6. The number of ether oxygens (including phenoxy) is 2. The minimum Gasteiger partial charge on any atom is -0.461 e. The standard InChI is InChI=1S/C33H67N3O3.C17H36.C10H22O2.CH5N.CH2O.5CH4/c1-6-8-14-19-31(20-15-9-7-2)21-18-24-35(5)29-38-26-17-13-11-10-12-16-25-36-28-32(27-30(36)3)39-33(37)22-23-34-4;1-3-5-7-9-11-13-15-17-16-14-12-10-8-6-4-2;1-10(2,3)8-6-4-5-7-9-12-11;2*1-2;;;;;/h30-32,34H,6-29H2,1-5H3;3-17H2,1-2H3;11H,4-9H2,1-3H3;2H2,1H3;1H2;5*1H4/t30-,32+;;;;;;;;;/m1........./s1. The van der Waals surface area contributed by atoms with Crippen LogP contribution in [0.5, 0.6) is 0 Å². The van der Waals surface area contributed by atoms with E-state index >= 15 is 0 Å². The minimum absolute atomic E-state index is 0. The molecule has 476 valence electrons. The lowest BCUT2D eigenvalue weighted by Gasteiger charge is -2.20. The Morgan fingerprint density at radius 3 is 1.44 bits per heavy atom. The fraction of sp³-hybridized carbons (Fsp3) is 0.970. The van der Waals surface area contributed by atoms with E-state index in [1.807, 2.05) is 13.8 Å². The molecule has 0 unspecified atom stereocenters. The quantitative estimate of drug-likeness (QED) is 0.0178. The summed E-state index contributed by atoms with van der Waals surface area (Å²) >= 11 is 0. The molecule has 77 heavy (non-hydrogen) atoms. The number of rotatable bonds is 47. The van der Waals surface area contributed by atoms with Gasteiger partial charge in [-0.3, -0.25) is 19.9 Å². The number of nitrogens with one attached hydrogen (secondary N) is 1. The van der Waals surface area contributed by atoms with Gasteiger partial charge >= 0.3 is 5.97 Å². The summed E-state index contributed by atoms with van der Waals surface area (Å²) in [6.45, 7) is 26.3. The Bertz CT molecular complexity index is 980. The highest BCUT2D eigenvalue weighted by Crippen LogP contribution is 2.24. The molecular formula is C67H152N4O6. The van der Waals surface area contributed by atoms with Crippen LogP contribution in [0.2, 0.25) is 0 Å². The van der Waals surface area contributed by atoms with Gasteiger partial charge in [-0.15, -0.1) is 0 Å². The Balaban J connectivity index is -0.000000145. The molecule has 0 spiro atoms. The fourth-order valence-corrected chi connectivity index (χ4v) is 9.49. The van der Waals surface area contributed by atoms with Crippen molar-refractivity contribution in [2.75, 3.05) is 67.3 Å². The first-order valence-corrected chi connectivity index (χ1v) is 30.9. The first-order valence-electron chi connectivity index (χ1n) is 30.9. The van der Waals surface area contributed by atoms with Crippen LogP contribution in [0.25, 0.3) is 0 Å². The molecule has 1 heterocycles. The highest BCUT2D eigenvalue weighted by Gasteiger charge is 2.30. The predicted octanol–water partition coefficient (Wildman–Crippen LogP) is 20.3. The van der Waals surface area contributed by atoms with Crippen LogP contribution in [0.15, 0.2) is 0 Å². The van der Waals surface area contributed by atoms with Crippen molar-refractivity contribution in [2.45, 2.75) is 349 Å². The van der Waals surface area contributed by atoms with Crippen molar-refractivity contribution in [3.05, 3.63) is 0 Å². The molecule has 0 aromatic heterocycles.